The molecule has 0 atom stereocenters. The van der Waals surface area contributed by atoms with Gasteiger partial charge in [0.05, 0.1) is 4.88 Å². The Kier molecular flexibility index (Phi) is 3.36. The van der Waals surface area contributed by atoms with E-state index in [4.69, 9.17) is 4.74 Å². The predicted molar refractivity (Wildman–Crippen MR) is 64.4 cm³/mol. The first-order chi connectivity index (χ1) is 7.70. The lowest BCUT2D eigenvalue weighted by Gasteiger charge is -1.93. The molecule has 16 heavy (non-hydrogen) atoms. The first-order valence-electron chi connectivity index (χ1n) is 5.25. The standard InChI is InChI=1S/C11H15N3OS/c1-4-15-7-10-12-11(14(3)13-10)9-6-5-8(2)16-9/h5-6H,4,7H2,1-3H3. The molecule has 2 aromatic heterocycles. The minimum Gasteiger partial charge on any atom is -0.374 e. The smallest absolute Gasteiger partial charge is 0.176 e. The van der Waals surface area contributed by atoms with Gasteiger partial charge in [-0.05, 0) is 26.0 Å². The summed E-state index contributed by atoms with van der Waals surface area (Å²) in [5, 5.41) is 4.32. The Bertz CT molecular complexity index is 475. The number of ether oxygens (including phenoxy) is 1. The highest BCUT2D eigenvalue weighted by Gasteiger charge is 2.10. The molecule has 0 aliphatic carbocycles. The van der Waals surface area contributed by atoms with Crippen molar-refractivity contribution in [1.29, 1.82) is 0 Å². The van der Waals surface area contributed by atoms with Crippen LogP contribution in [0.3, 0.4) is 0 Å². The van der Waals surface area contributed by atoms with Crippen molar-refractivity contribution in [1.82, 2.24) is 14.8 Å². The summed E-state index contributed by atoms with van der Waals surface area (Å²) in [5.41, 5.74) is 0. The monoisotopic (exact) mass is 237 g/mol. The Labute approximate surface area is 98.9 Å². The van der Waals surface area contributed by atoms with Gasteiger partial charge >= 0.3 is 0 Å². The van der Waals surface area contributed by atoms with Crippen LogP contribution < -0.4 is 0 Å². The van der Waals surface area contributed by atoms with Crippen LogP contribution in [-0.2, 0) is 18.4 Å². The molecule has 0 unspecified atom stereocenters. The van der Waals surface area contributed by atoms with E-state index in [1.165, 1.54) is 4.88 Å². The summed E-state index contributed by atoms with van der Waals surface area (Å²) in [6.07, 6.45) is 0. The summed E-state index contributed by atoms with van der Waals surface area (Å²) in [6.45, 7) is 5.22. The highest BCUT2D eigenvalue weighted by molar-refractivity contribution is 7.15. The molecule has 0 radical (unpaired) electrons. The Hall–Kier alpha value is -1.20. The maximum atomic E-state index is 5.29. The fourth-order valence-electron chi connectivity index (χ4n) is 1.46. The molecule has 0 spiro atoms. The average molecular weight is 237 g/mol. The zero-order chi connectivity index (χ0) is 11.5. The number of nitrogens with zero attached hydrogens (tertiary/aromatic N) is 3. The van der Waals surface area contributed by atoms with Gasteiger partial charge in [0.2, 0.25) is 0 Å². The number of hydrogen-bond donors (Lipinski definition) is 0. The molecule has 2 rings (SSSR count). The molecular weight excluding hydrogens is 222 g/mol. The molecule has 2 heterocycles. The lowest BCUT2D eigenvalue weighted by atomic mass is 10.4. The average Bonchev–Trinajstić information content (AvgIpc) is 2.82. The van der Waals surface area contributed by atoms with Crippen LogP contribution in [0.1, 0.15) is 17.6 Å². The second-order valence-corrected chi connectivity index (χ2v) is 4.81. The molecule has 0 aliphatic heterocycles. The van der Waals surface area contributed by atoms with E-state index < -0.39 is 0 Å². The molecule has 0 fully saturated rings. The summed E-state index contributed by atoms with van der Waals surface area (Å²) >= 11 is 1.73. The zero-order valence-electron chi connectivity index (χ0n) is 9.73. The van der Waals surface area contributed by atoms with Gasteiger partial charge in [-0.1, -0.05) is 0 Å². The minimum atomic E-state index is 0.481. The van der Waals surface area contributed by atoms with E-state index in [1.807, 2.05) is 14.0 Å². The van der Waals surface area contributed by atoms with E-state index in [9.17, 15) is 0 Å². The van der Waals surface area contributed by atoms with Crippen LogP contribution in [0.15, 0.2) is 12.1 Å². The van der Waals surface area contributed by atoms with Crippen molar-refractivity contribution in [3.05, 3.63) is 22.8 Å². The van der Waals surface area contributed by atoms with E-state index >= 15 is 0 Å². The third kappa shape index (κ3) is 2.31. The summed E-state index contributed by atoms with van der Waals surface area (Å²) in [5.74, 6) is 1.65. The highest BCUT2D eigenvalue weighted by Crippen LogP contribution is 2.25. The van der Waals surface area contributed by atoms with Crippen molar-refractivity contribution >= 4 is 11.3 Å². The first kappa shape index (κ1) is 11.3. The summed E-state index contributed by atoms with van der Waals surface area (Å²) in [4.78, 5) is 6.90. The normalized spacial score (nSPS) is 10.9. The van der Waals surface area contributed by atoms with Gasteiger partial charge < -0.3 is 4.74 Å². The molecule has 0 amide bonds. The Balaban J connectivity index is 2.24. The van der Waals surface area contributed by atoms with Gasteiger partial charge in [-0.15, -0.1) is 11.3 Å². The number of aryl methyl sites for hydroxylation is 2. The SMILES string of the molecule is CCOCc1nc(-c2ccc(C)s2)n(C)n1. The molecule has 4 nitrogen and oxygen atoms in total. The van der Waals surface area contributed by atoms with Gasteiger partial charge in [0, 0.05) is 18.5 Å². The van der Waals surface area contributed by atoms with E-state index in [2.05, 4.69) is 29.1 Å². The fraction of sp³-hybridized carbons (Fsp3) is 0.455. The number of aromatic nitrogens is 3. The molecule has 0 aromatic carbocycles. The van der Waals surface area contributed by atoms with Crippen LogP contribution in [0.25, 0.3) is 10.7 Å². The van der Waals surface area contributed by atoms with Crippen molar-refractivity contribution in [2.24, 2.45) is 7.05 Å². The second kappa shape index (κ2) is 4.76. The molecule has 0 bridgehead atoms. The summed E-state index contributed by atoms with van der Waals surface area (Å²) in [6, 6.07) is 4.17. The van der Waals surface area contributed by atoms with E-state index in [0.29, 0.717) is 13.2 Å². The van der Waals surface area contributed by atoms with Crippen LogP contribution in [-0.4, -0.2) is 21.4 Å². The molecule has 0 aliphatic rings. The van der Waals surface area contributed by atoms with E-state index in [-0.39, 0.29) is 0 Å². The maximum absolute atomic E-state index is 5.29. The lowest BCUT2D eigenvalue weighted by Crippen LogP contribution is -1.96. The van der Waals surface area contributed by atoms with Crippen LogP contribution in [0, 0.1) is 6.92 Å². The largest absolute Gasteiger partial charge is 0.374 e. The molecule has 2 aromatic rings. The lowest BCUT2D eigenvalue weighted by molar-refractivity contribution is 0.128. The van der Waals surface area contributed by atoms with Crippen LogP contribution >= 0.6 is 11.3 Å². The van der Waals surface area contributed by atoms with Gasteiger partial charge in [0.15, 0.2) is 11.6 Å². The topological polar surface area (TPSA) is 39.9 Å². The fourth-order valence-corrected chi connectivity index (χ4v) is 2.35. The third-order valence-corrected chi connectivity index (χ3v) is 3.20. The number of rotatable bonds is 4. The maximum Gasteiger partial charge on any atom is 0.176 e. The first-order valence-corrected chi connectivity index (χ1v) is 6.07. The summed E-state index contributed by atoms with van der Waals surface area (Å²) in [7, 11) is 1.91. The van der Waals surface area contributed by atoms with Crippen molar-refractivity contribution in [2.45, 2.75) is 20.5 Å². The molecule has 5 heteroatoms. The second-order valence-electron chi connectivity index (χ2n) is 3.52. The molecule has 0 N–H and O–H groups in total. The molecule has 0 saturated carbocycles. The third-order valence-electron chi connectivity index (χ3n) is 2.20. The van der Waals surface area contributed by atoms with Gasteiger partial charge in [0.1, 0.15) is 6.61 Å². The van der Waals surface area contributed by atoms with Crippen LogP contribution in [0.4, 0.5) is 0 Å². The Morgan fingerprint density at radius 2 is 2.25 bits per heavy atom. The zero-order valence-corrected chi connectivity index (χ0v) is 10.5. The Morgan fingerprint density at radius 1 is 1.44 bits per heavy atom. The van der Waals surface area contributed by atoms with E-state index in [1.54, 1.807) is 16.0 Å². The molecular formula is C11H15N3OS. The molecule has 0 saturated heterocycles. The Morgan fingerprint density at radius 3 is 2.88 bits per heavy atom. The van der Waals surface area contributed by atoms with Crippen LogP contribution in [0.5, 0.6) is 0 Å². The van der Waals surface area contributed by atoms with Gasteiger partial charge in [-0.25, -0.2) is 9.67 Å². The van der Waals surface area contributed by atoms with Crippen molar-refractivity contribution in [3.63, 3.8) is 0 Å². The predicted octanol–water partition coefficient (Wildman–Crippen LogP) is 2.39. The van der Waals surface area contributed by atoms with Crippen LogP contribution in [0.2, 0.25) is 0 Å². The van der Waals surface area contributed by atoms with Crippen molar-refractivity contribution in [3.8, 4) is 10.7 Å². The van der Waals surface area contributed by atoms with Gasteiger partial charge in [-0.3, -0.25) is 0 Å². The number of hydrogen-bond acceptors (Lipinski definition) is 4. The highest BCUT2D eigenvalue weighted by atomic mass is 32.1. The van der Waals surface area contributed by atoms with E-state index in [0.717, 1.165) is 16.5 Å². The van der Waals surface area contributed by atoms with Crippen molar-refractivity contribution < 1.29 is 4.74 Å². The minimum absolute atomic E-state index is 0.481. The van der Waals surface area contributed by atoms with Gasteiger partial charge in [-0.2, -0.15) is 5.10 Å². The quantitative estimate of drug-likeness (QED) is 0.819. The van der Waals surface area contributed by atoms with Gasteiger partial charge in [0.25, 0.3) is 0 Å². The molecule has 86 valence electrons. The summed E-state index contributed by atoms with van der Waals surface area (Å²) < 4.78 is 7.10. The van der Waals surface area contributed by atoms with Crippen molar-refractivity contribution in [2.75, 3.05) is 6.61 Å². The number of thiophene rings is 1.